The zero-order chi connectivity index (χ0) is 17.1. The number of thioether (sulfide) groups is 1. The molecule has 0 amide bonds. The summed E-state index contributed by atoms with van der Waals surface area (Å²) < 4.78 is 6.10. The second-order valence-electron chi connectivity index (χ2n) is 5.28. The maximum absolute atomic E-state index is 6.10. The molecule has 5 nitrogen and oxygen atoms in total. The van der Waals surface area contributed by atoms with Crippen LogP contribution in [-0.2, 0) is 0 Å². The summed E-state index contributed by atoms with van der Waals surface area (Å²) in [6.07, 6.45) is 3.71. The van der Waals surface area contributed by atoms with Crippen LogP contribution in [0, 0.1) is 0 Å². The van der Waals surface area contributed by atoms with E-state index in [0.29, 0.717) is 16.7 Å². The number of rotatable bonds is 4. The van der Waals surface area contributed by atoms with Crippen LogP contribution in [0.4, 0.5) is 5.69 Å². The summed E-state index contributed by atoms with van der Waals surface area (Å²) in [7, 11) is 0. The van der Waals surface area contributed by atoms with Crippen LogP contribution in [0.15, 0.2) is 53.0 Å². The first kappa shape index (κ1) is 16.1. The maximum atomic E-state index is 6.10. The van der Waals surface area contributed by atoms with Crippen molar-refractivity contribution in [2.24, 2.45) is 0 Å². The van der Waals surface area contributed by atoms with E-state index in [4.69, 9.17) is 4.74 Å². The summed E-state index contributed by atoms with van der Waals surface area (Å²) >= 11 is 3.23. The third-order valence-corrected chi connectivity index (χ3v) is 5.16. The number of nitrogens with one attached hydrogen (secondary N) is 1. The van der Waals surface area contributed by atoms with Crippen molar-refractivity contribution in [1.82, 2.24) is 15.2 Å². The smallest absolute Gasteiger partial charge is 0.247 e. The second kappa shape index (κ2) is 7.25. The minimum absolute atomic E-state index is 0.333. The van der Waals surface area contributed by atoms with Crippen LogP contribution in [0.25, 0.3) is 17.3 Å². The van der Waals surface area contributed by atoms with Gasteiger partial charge in [0, 0.05) is 16.1 Å². The fraction of sp³-hybridized carbons (Fsp3) is 0.167. The lowest BCUT2D eigenvalue weighted by molar-refractivity contribution is 0.266. The maximum Gasteiger partial charge on any atom is 0.247 e. The van der Waals surface area contributed by atoms with E-state index in [-0.39, 0.29) is 6.23 Å². The molecule has 1 aliphatic rings. The van der Waals surface area contributed by atoms with Crippen LogP contribution in [0.2, 0.25) is 0 Å². The molecule has 0 unspecified atom stereocenters. The number of aromatic nitrogens is 3. The fourth-order valence-electron chi connectivity index (χ4n) is 2.51. The van der Waals surface area contributed by atoms with E-state index in [1.807, 2.05) is 42.5 Å². The molecule has 1 atom stereocenters. The van der Waals surface area contributed by atoms with Crippen LogP contribution < -0.4 is 10.1 Å². The average molecular weight is 368 g/mol. The SMILES string of the molecule is CCSc1nnc2c(n1)O[C@H](/C=C/c1cccs1)Nc1ccccc1-2. The van der Waals surface area contributed by atoms with E-state index < -0.39 is 0 Å². The van der Waals surface area contributed by atoms with Gasteiger partial charge in [-0.2, -0.15) is 4.98 Å². The van der Waals surface area contributed by atoms with Gasteiger partial charge in [-0.1, -0.05) is 43.0 Å². The summed E-state index contributed by atoms with van der Waals surface area (Å²) in [6.45, 7) is 2.06. The number of hydrogen-bond acceptors (Lipinski definition) is 7. The molecule has 3 heterocycles. The highest BCUT2D eigenvalue weighted by molar-refractivity contribution is 7.99. The number of thiophene rings is 1. The lowest BCUT2D eigenvalue weighted by Crippen LogP contribution is -2.23. The van der Waals surface area contributed by atoms with E-state index in [1.54, 1.807) is 23.1 Å². The molecule has 2 aromatic heterocycles. The zero-order valence-corrected chi connectivity index (χ0v) is 15.2. The summed E-state index contributed by atoms with van der Waals surface area (Å²) in [5.41, 5.74) is 2.56. The van der Waals surface area contributed by atoms with Crippen LogP contribution in [-0.4, -0.2) is 27.2 Å². The number of anilines is 1. The molecule has 1 aliphatic heterocycles. The third-order valence-electron chi connectivity index (χ3n) is 3.61. The minimum Gasteiger partial charge on any atom is -0.448 e. The van der Waals surface area contributed by atoms with Gasteiger partial charge in [-0.15, -0.1) is 21.5 Å². The number of hydrogen-bond donors (Lipinski definition) is 1. The van der Waals surface area contributed by atoms with Crippen molar-refractivity contribution >= 4 is 34.9 Å². The predicted molar refractivity (Wildman–Crippen MR) is 103 cm³/mol. The monoisotopic (exact) mass is 368 g/mol. The van der Waals surface area contributed by atoms with Gasteiger partial charge < -0.3 is 10.1 Å². The van der Waals surface area contributed by atoms with E-state index in [2.05, 4.69) is 38.9 Å². The summed E-state index contributed by atoms with van der Waals surface area (Å²) in [5, 5.41) is 14.7. The first-order valence-corrected chi connectivity index (χ1v) is 9.82. The lowest BCUT2D eigenvalue weighted by Gasteiger charge is -2.15. The topological polar surface area (TPSA) is 59.9 Å². The van der Waals surface area contributed by atoms with Crippen LogP contribution in [0.3, 0.4) is 0 Å². The van der Waals surface area contributed by atoms with Crippen LogP contribution >= 0.6 is 23.1 Å². The normalized spacial score (nSPS) is 15.8. The Kier molecular flexibility index (Phi) is 4.67. The minimum atomic E-state index is -0.333. The van der Waals surface area contributed by atoms with Gasteiger partial charge in [0.05, 0.1) is 0 Å². The molecule has 7 heteroatoms. The molecular formula is C18H16N4OS2. The summed E-state index contributed by atoms with van der Waals surface area (Å²) in [4.78, 5) is 5.73. The Labute approximate surface area is 154 Å². The first-order chi connectivity index (χ1) is 12.3. The Morgan fingerprint density at radius 1 is 1.24 bits per heavy atom. The highest BCUT2D eigenvalue weighted by Crippen LogP contribution is 2.36. The number of fused-ring (bicyclic) bond motifs is 3. The van der Waals surface area contributed by atoms with Crippen molar-refractivity contribution < 1.29 is 4.74 Å². The quantitative estimate of drug-likeness (QED) is 0.682. The highest BCUT2D eigenvalue weighted by Gasteiger charge is 2.23. The van der Waals surface area contributed by atoms with Gasteiger partial charge in [0.1, 0.15) is 0 Å². The van der Waals surface area contributed by atoms with E-state index in [1.165, 1.54) is 4.88 Å². The second-order valence-corrected chi connectivity index (χ2v) is 7.49. The van der Waals surface area contributed by atoms with Crippen molar-refractivity contribution in [2.75, 3.05) is 11.1 Å². The zero-order valence-electron chi connectivity index (χ0n) is 13.5. The summed E-state index contributed by atoms with van der Waals surface area (Å²) in [6, 6.07) is 12.1. The number of para-hydroxylation sites is 1. The number of ether oxygens (including phenoxy) is 1. The molecule has 0 saturated heterocycles. The molecule has 25 heavy (non-hydrogen) atoms. The van der Waals surface area contributed by atoms with Gasteiger partial charge in [-0.05, 0) is 35.4 Å². The van der Waals surface area contributed by atoms with Crippen molar-refractivity contribution in [2.45, 2.75) is 18.3 Å². The van der Waals surface area contributed by atoms with Crippen molar-refractivity contribution in [1.29, 1.82) is 0 Å². The molecule has 0 fully saturated rings. The standard InChI is InChI=1S/C18H16N4OS2/c1-2-24-18-20-17-16(21-22-18)13-7-3-4-8-14(13)19-15(23-17)10-9-12-6-5-11-25-12/h3-11,15,19H,2H2,1H3/b10-9+/t15-/m1/s1. The molecule has 1 aromatic carbocycles. The molecular weight excluding hydrogens is 352 g/mol. The molecule has 0 spiro atoms. The van der Waals surface area contributed by atoms with Gasteiger partial charge in [-0.3, -0.25) is 0 Å². The Balaban J connectivity index is 1.73. The van der Waals surface area contributed by atoms with Gasteiger partial charge >= 0.3 is 0 Å². The van der Waals surface area contributed by atoms with E-state index in [0.717, 1.165) is 17.0 Å². The summed E-state index contributed by atoms with van der Waals surface area (Å²) in [5.74, 6) is 1.39. The molecule has 0 radical (unpaired) electrons. The Bertz CT molecular complexity index is 896. The predicted octanol–water partition coefficient (Wildman–Crippen LogP) is 4.56. The molecule has 4 rings (SSSR count). The Morgan fingerprint density at radius 3 is 3.00 bits per heavy atom. The number of nitrogens with zero attached hydrogens (tertiary/aromatic N) is 3. The average Bonchev–Trinajstić information content (AvgIpc) is 3.09. The van der Waals surface area contributed by atoms with Crippen molar-refractivity contribution in [3.63, 3.8) is 0 Å². The van der Waals surface area contributed by atoms with Crippen molar-refractivity contribution in [3.05, 3.63) is 52.7 Å². The Hall–Kier alpha value is -2.38. The Morgan fingerprint density at radius 2 is 2.16 bits per heavy atom. The van der Waals surface area contributed by atoms with Gasteiger partial charge in [0.2, 0.25) is 11.0 Å². The van der Waals surface area contributed by atoms with Crippen LogP contribution in [0.5, 0.6) is 5.88 Å². The van der Waals surface area contributed by atoms with Gasteiger partial charge in [-0.25, -0.2) is 0 Å². The molecule has 1 N–H and O–H groups in total. The van der Waals surface area contributed by atoms with E-state index >= 15 is 0 Å². The van der Waals surface area contributed by atoms with Gasteiger partial charge in [0.25, 0.3) is 0 Å². The third kappa shape index (κ3) is 3.52. The number of benzene rings is 1. The van der Waals surface area contributed by atoms with Crippen molar-refractivity contribution in [3.8, 4) is 17.1 Å². The molecule has 3 aromatic rings. The van der Waals surface area contributed by atoms with E-state index in [9.17, 15) is 0 Å². The molecule has 0 bridgehead atoms. The molecule has 126 valence electrons. The van der Waals surface area contributed by atoms with Crippen LogP contribution in [0.1, 0.15) is 11.8 Å². The largest absolute Gasteiger partial charge is 0.448 e. The lowest BCUT2D eigenvalue weighted by atomic mass is 10.1. The molecule has 0 aliphatic carbocycles. The first-order valence-electron chi connectivity index (χ1n) is 7.95. The fourth-order valence-corrected chi connectivity index (χ4v) is 3.65. The molecule has 0 saturated carbocycles. The highest BCUT2D eigenvalue weighted by atomic mass is 32.2. The van der Waals surface area contributed by atoms with Gasteiger partial charge in [0.15, 0.2) is 11.9 Å².